The molecule has 5 heteroatoms. The maximum absolute atomic E-state index is 5.80. The molecule has 1 fully saturated rings. The summed E-state index contributed by atoms with van der Waals surface area (Å²) in [5.74, 6) is 1.48. The molecule has 2 aromatic rings. The van der Waals surface area contributed by atoms with E-state index in [2.05, 4.69) is 27.4 Å². The van der Waals surface area contributed by atoms with E-state index in [0.717, 1.165) is 24.5 Å². The number of hydrogen-bond donors (Lipinski definition) is 2. The molecule has 0 unspecified atom stereocenters. The lowest BCUT2D eigenvalue weighted by atomic mass is 10.0. The van der Waals surface area contributed by atoms with Gasteiger partial charge in [0, 0.05) is 18.7 Å². The zero-order chi connectivity index (χ0) is 12.4. The highest BCUT2D eigenvalue weighted by Gasteiger charge is 2.32. The van der Waals surface area contributed by atoms with E-state index < -0.39 is 0 Å². The molecule has 1 aromatic carbocycles. The molecule has 0 amide bonds. The summed E-state index contributed by atoms with van der Waals surface area (Å²) in [6, 6.07) is 9.91. The van der Waals surface area contributed by atoms with Crippen molar-refractivity contribution in [3.8, 4) is 11.4 Å². The summed E-state index contributed by atoms with van der Waals surface area (Å²) >= 11 is 0. The zero-order valence-electron chi connectivity index (χ0n) is 10.3. The Morgan fingerprint density at radius 1 is 1.28 bits per heavy atom. The number of aromatic amines is 1. The second-order valence-corrected chi connectivity index (χ2v) is 4.81. The van der Waals surface area contributed by atoms with Gasteiger partial charge in [-0.15, -0.1) is 0 Å². The molecule has 0 aliphatic carbocycles. The van der Waals surface area contributed by atoms with Gasteiger partial charge in [0.15, 0.2) is 11.6 Å². The van der Waals surface area contributed by atoms with Gasteiger partial charge in [-0.2, -0.15) is 5.10 Å². The minimum atomic E-state index is -0.0559. The van der Waals surface area contributed by atoms with Crippen molar-refractivity contribution < 1.29 is 4.74 Å². The van der Waals surface area contributed by atoms with E-state index in [-0.39, 0.29) is 5.60 Å². The van der Waals surface area contributed by atoms with Crippen molar-refractivity contribution in [3.63, 3.8) is 0 Å². The molecule has 2 heterocycles. The first-order valence-corrected chi connectivity index (χ1v) is 6.07. The Hall–Kier alpha value is -1.72. The van der Waals surface area contributed by atoms with Gasteiger partial charge in [-0.05, 0) is 6.92 Å². The fourth-order valence-corrected chi connectivity index (χ4v) is 1.90. The third-order valence-electron chi connectivity index (χ3n) is 3.12. The molecule has 0 radical (unpaired) electrons. The number of rotatable bonds is 4. The van der Waals surface area contributed by atoms with E-state index in [0.29, 0.717) is 12.4 Å². The third-order valence-corrected chi connectivity index (χ3v) is 3.12. The molecule has 0 bridgehead atoms. The summed E-state index contributed by atoms with van der Waals surface area (Å²) in [5.41, 5.74) is 0.955. The SMILES string of the molecule is CC1(OCc2nc(-c3ccccc3)n[nH]2)CNC1. The van der Waals surface area contributed by atoms with Crippen LogP contribution >= 0.6 is 0 Å². The second kappa shape index (κ2) is 4.51. The van der Waals surface area contributed by atoms with Crippen molar-refractivity contribution in [3.05, 3.63) is 36.2 Å². The van der Waals surface area contributed by atoms with Crippen LogP contribution in [0.4, 0.5) is 0 Å². The highest BCUT2D eigenvalue weighted by molar-refractivity contribution is 5.53. The second-order valence-electron chi connectivity index (χ2n) is 4.81. The van der Waals surface area contributed by atoms with Crippen LogP contribution in [0, 0.1) is 0 Å². The van der Waals surface area contributed by atoms with E-state index >= 15 is 0 Å². The van der Waals surface area contributed by atoms with Crippen LogP contribution in [0.25, 0.3) is 11.4 Å². The smallest absolute Gasteiger partial charge is 0.181 e. The molecule has 1 saturated heterocycles. The van der Waals surface area contributed by atoms with Gasteiger partial charge in [-0.25, -0.2) is 4.98 Å². The Kier molecular flexibility index (Phi) is 2.85. The number of aromatic nitrogens is 3. The number of benzene rings is 1. The van der Waals surface area contributed by atoms with Gasteiger partial charge in [0.05, 0.1) is 5.60 Å². The van der Waals surface area contributed by atoms with Crippen LogP contribution in [0.15, 0.2) is 30.3 Å². The fourth-order valence-electron chi connectivity index (χ4n) is 1.90. The summed E-state index contributed by atoms with van der Waals surface area (Å²) in [7, 11) is 0. The normalized spacial score (nSPS) is 17.4. The Balaban J connectivity index is 1.66. The molecule has 0 atom stereocenters. The molecule has 1 aromatic heterocycles. The molecular weight excluding hydrogens is 228 g/mol. The van der Waals surface area contributed by atoms with Gasteiger partial charge < -0.3 is 10.1 Å². The van der Waals surface area contributed by atoms with Crippen LogP contribution in [-0.2, 0) is 11.3 Å². The van der Waals surface area contributed by atoms with E-state index in [4.69, 9.17) is 4.74 Å². The van der Waals surface area contributed by atoms with Crippen molar-refractivity contribution >= 4 is 0 Å². The summed E-state index contributed by atoms with van der Waals surface area (Å²) in [6.07, 6.45) is 0. The number of ether oxygens (including phenoxy) is 1. The van der Waals surface area contributed by atoms with E-state index in [1.54, 1.807) is 0 Å². The average molecular weight is 244 g/mol. The van der Waals surface area contributed by atoms with Gasteiger partial charge >= 0.3 is 0 Å². The van der Waals surface area contributed by atoms with Crippen molar-refractivity contribution in [2.75, 3.05) is 13.1 Å². The molecule has 1 aliphatic heterocycles. The van der Waals surface area contributed by atoms with Crippen LogP contribution in [0.2, 0.25) is 0 Å². The standard InChI is InChI=1S/C13H16N4O/c1-13(8-14-9-13)18-7-11-15-12(17-16-11)10-5-3-2-4-6-10/h2-6,14H,7-9H2,1H3,(H,15,16,17). The fraction of sp³-hybridized carbons (Fsp3) is 0.385. The molecule has 2 N–H and O–H groups in total. The first-order chi connectivity index (χ1) is 8.75. The minimum Gasteiger partial charge on any atom is -0.365 e. The van der Waals surface area contributed by atoms with E-state index in [1.807, 2.05) is 30.3 Å². The summed E-state index contributed by atoms with van der Waals surface area (Å²) < 4.78 is 5.80. The Morgan fingerprint density at radius 2 is 2.06 bits per heavy atom. The van der Waals surface area contributed by atoms with Crippen LogP contribution < -0.4 is 5.32 Å². The largest absolute Gasteiger partial charge is 0.365 e. The summed E-state index contributed by atoms with van der Waals surface area (Å²) in [4.78, 5) is 4.43. The highest BCUT2D eigenvalue weighted by Crippen LogP contribution is 2.18. The van der Waals surface area contributed by atoms with E-state index in [9.17, 15) is 0 Å². The Labute approximate surface area is 106 Å². The minimum absolute atomic E-state index is 0.0559. The first-order valence-electron chi connectivity index (χ1n) is 6.07. The topological polar surface area (TPSA) is 62.8 Å². The zero-order valence-corrected chi connectivity index (χ0v) is 10.3. The van der Waals surface area contributed by atoms with Crippen molar-refractivity contribution in [1.29, 1.82) is 0 Å². The average Bonchev–Trinajstić information content (AvgIpc) is 2.84. The number of hydrogen-bond acceptors (Lipinski definition) is 4. The Bertz CT molecular complexity index is 519. The monoisotopic (exact) mass is 244 g/mol. The van der Waals surface area contributed by atoms with Crippen LogP contribution in [-0.4, -0.2) is 33.9 Å². The van der Waals surface area contributed by atoms with Crippen molar-refractivity contribution in [2.24, 2.45) is 0 Å². The van der Waals surface area contributed by atoms with Crippen LogP contribution in [0.5, 0.6) is 0 Å². The molecule has 0 saturated carbocycles. The summed E-state index contributed by atoms with van der Waals surface area (Å²) in [5, 5.41) is 10.3. The van der Waals surface area contributed by atoms with Gasteiger partial charge in [-0.3, -0.25) is 5.10 Å². The molecule has 18 heavy (non-hydrogen) atoms. The van der Waals surface area contributed by atoms with Gasteiger partial charge in [0.1, 0.15) is 6.61 Å². The molecule has 0 spiro atoms. The predicted octanol–water partition coefficient (Wildman–Crippen LogP) is 1.35. The number of nitrogens with one attached hydrogen (secondary N) is 2. The molecular formula is C13H16N4O. The molecule has 5 nitrogen and oxygen atoms in total. The quantitative estimate of drug-likeness (QED) is 0.852. The third kappa shape index (κ3) is 2.27. The lowest BCUT2D eigenvalue weighted by molar-refractivity contribution is -0.0789. The maximum atomic E-state index is 5.80. The van der Waals surface area contributed by atoms with Crippen LogP contribution in [0.1, 0.15) is 12.7 Å². The molecule has 94 valence electrons. The molecule has 1 aliphatic rings. The lowest BCUT2D eigenvalue weighted by Crippen LogP contribution is -2.58. The highest BCUT2D eigenvalue weighted by atomic mass is 16.5. The van der Waals surface area contributed by atoms with Crippen LogP contribution in [0.3, 0.4) is 0 Å². The first kappa shape index (κ1) is 11.4. The van der Waals surface area contributed by atoms with Gasteiger partial charge in [-0.1, -0.05) is 30.3 Å². The Morgan fingerprint density at radius 3 is 2.72 bits per heavy atom. The predicted molar refractivity (Wildman–Crippen MR) is 67.9 cm³/mol. The maximum Gasteiger partial charge on any atom is 0.181 e. The number of H-pyrrole nitrogens is 1. The van der Waals surface area contributed by atoms with E-state index in [1.165, 1.54) is 0 Å². The summed E-state index contributed by atoms with van der Waals surface area (Å²) in [6.45, 7) is 4.36. The lowest BCUT2D eigenvalue weighted by Gasteiger charge is -2.38. The van der Waals surface area contributed by atoms with Gasteiger partial charge in [0.25, 0.3) is 0 Å². The van der Waals surface area contributed by atoms with Gasteiger partial charge in [0.2, 0.25) is 0 Å². The number of nitrogens with zero attached hydrogens (tertiary/aromatic N) is 2. The van der Waals surface area contributed by atoms with Crippen molar-refractivity contribution in [2.45, 2.75) is 19.1 Å². The molecule has 3 rings (SSSR count). The van der Waals surface area contributed by atoms with Crippen molar-refractivity contribution in [1.82, 2.24) is 20.5 Å².